The Morgan fingerprint density at radius 1 is 1.04 bits per heavy atom. The lowest BCUT2D eigenvalue weighted by molar-refractivity contribution is 0.102. The molecule has 0 aromatic heterocycles. The smallest absolute Gasteiger partial charge is 0.259 e. The van der Waals surface area contributed by atoms with Crippen molar-refractivity contribution in [3.05, 3.63) is 54.1 Å². The molecule has 0 spiro atoms. The van der Waals surface area contributed by atoms with E-state index < -0.39 is 10.0 Å². The second kappa shape index (κ2) is 7.88. The highest BCUT2D eigenvalue weighted by atomic mass is 32.2. The summed E-state index contributed by atoms with van der Waals surface area (Å²) in [5.41, 5.74) is 0.818. The number of anilines is 1. The quantitative estimate of drug-likeness (QED) is 0.872. The molecule has 0 radical (unpaired) electrons. The third-order valence-corrected chi connectivity index (χ3v) is 6.29. The van der Waals surface area contributed by atoms with Gasteiger partial charge in [0.15, 0.2) is 0 Å². The first kappa shape index (κ1) is 18.4. The third-order valence-electron chi connectivity index (χ3n) is 4.40. The molecule has 1 heterocycles. The van der Waals surface area contributed by atoms with Crippen molar-refractivity contribution in [1.29, 1.82) is 0 Å². The van der Waals surface area contributed by atoms with E-state index in [0.717, 1.165) is 19.3 Å². The van der Waals surface area contributed by atoms with E-state index in [1.54, 1.807) is 42.5 Å². The van der Waals surface area contributed by atoms with Crippen molar-refractivity contribution < 1.29 is 17.9 Å². The van der Waals surface area contributed by atoms with Gasteiger partial charge < -0.3 is 10.1 Å². The topological polar surface area (TPSA) is 75.7 Å². The third kappa shape index (κ3) is 3.89. The maximum absolute atomic E-state index is 12.8. The Bertz CT molecular complexity index is 890. The maximum atomic E-state index is 12.8. The molecular weight excluding hydrogens is 352 g/mol. The van der Waals surface area contributed by atoms with Crippen molar-refractivity contribution in [1.82, 2.24) is 4.31 Å². The number of hydrogen-bond donors (Lipinski definition) is 1. The van der Waals surface area contributed by atoms with Gasteiger partial charge in [-0.3, -0.25) is 4.79 Å². The average Bonchev–Trinajstić information content (AvgIpc) is 2.68. The number of piperidine rings is 1. The highest BCUT2D eigenvalue weighted by Gasteiger charge is 2.26. The number of carbonyl (C=O) groups is 1. The molecule has 7 heteroatoms. The van der Waals surface area contributed by atoms with Crippen LogP contribution in [-0.2, 0) is 10.0 Å². The summed E-state index contributed by atoms with van der Waals surface area (Å²) in [5, 5.41) is 2.75. The van der Waals surface area contributed by atoms with E-state index in [1.807, 2.05) is 0 Å². The second-order valence-electron chi connectivity index (χ2n) is 6.15. The average molecular weight is 374 g/mol. The lowest BCUT2D eigenvalue weighted by atomic mass is 10.2. The van der Waals surface area contributed by atoms with Gasteiger partial charge in [-0.25, -0.2) is 8.42 Å². The van der Waals surface area contributed by atoms with Gasteiger partial charge >= 0.3 is 0 Å². The van der Waals surface area contributed by atoms with Crippen LogP contribution in [0.25, 0.3) is 0 Å². The van der Waals surface area contributed by atoms with Gasteiger partial charge in [0.25, 0.3) is 5.91 Å². The molecule has 0 atom stereocenters. The molecule has 26 heavy (non-hydrogen) atoms. The van der Waals surface area contributed by atoms with Crippen LogP contribution in [0.5, 0.6) is 5.75 Å². The van der Waals surface area contributed by atoms with Crippen molar-refractivity contribution >= 4 is 21.6 Å². The van der Waals surface area contributed by atoms with Crippen LogP contribution in [0, 0.1) is 0 Å². The van der Waals surface area contributed by atoms with Gasteiger partial charge in [-0.05, 0) is 43.2 Å². The number of rotatable bonds is 5. The molecule has 0 unspecified atom stereocenters. The van der Waals surface area contributed by atoms with Crippen LogP contribution in [0.2, 0.25) is 0 Å². The molecule has 0 bridgehead atoms. The minimum Gasteiger partial charge on any atom is -0.496 e. The number of amides is 1. The van der Waals surface area contributed by atoms with E-state index in [0.29, 0.717) is 30.1 Å². The molecule has 1 fully saturated rings. The number of para-hydroxylation sites is 1. The number of nitrogens with zero attached hydrogens (tertiary/aromatic N) is 1. The van der Waals surface area contributed by atoms with Crippen LogP contribution in [-0.4, -0.2) is 38.8 Å². The molecule has 1 N–H and O–H groups in total. The molecule has 1 aliphatic rings. The van der Waals surface area contributed by atoms with Crippen molar-refractivity contribution in [3.63, 3.8) is 0 Å². The molecule has 0 saturated carbocycles. The molecule has 3 rings (SSSR count). The molecule has 1 aliphatic heterocycles. The second-order valence-corrected chi connectivity index (χ2v) is 8.08. The molecule has 1 saturated heterocycles. The van der Waals surface area contributed by atoms with Gasteiger partial charge in [0, 0.05) is 18.8 Å². The Morgan fingerprint density at radius 3 is 2.50 bits per heavy atom. The first-order chi connectivity index (χ1) is 12.5. The van der Waals surface area contributed by atoms with Gasteiger partial charge in [0.2, 0.25) is 10.0 Å². The maximum Gasteiger partial charge on any atom is 0.259 e. The Kier molecular flexibility index (Phi) is 5.58. The summed E-state index contributed by atoms with van der Waals surface area (Å²) in [6, 6.07) is 13.2. The number of ether oxygens (including phenoxy) is 1. The van der Waals surface area contributed by atoms with Gasteiger partial charge in [-0.1, -0.05) is 24.6 Å². The van der Waals surface area contributed by atoms with E-state index in [4.69, 9.17) is 4.74 Å². The minimum absolute atomic E-state index is 0.192. The van der Waals surface area contributed by atoms with E-state index >= 15 is 0 Å². The zero-order valence-corrected chi connectivity index (χ0v) is 15.5. The number of hydrogen-bond acceptors (Lipinski definition) is 4. The van der Waals surface area contributed by atoms with Crippen LogP contribution in [0.4, 0.5) is 5.69 Å². The van der Waals surface area contributed by atoms with Gasteiger partial charge in [0.1, 0.15) is 5.75 Å². The fourth-order valence-electron chi connectivity index (χ4n) is 3.02. The van der Waals surface area contributed by atoms with Crippen LogP contribution in [0.1, 0.15) is 29.6 Å². The first-order valence-electron chi connectivity index (χ1n) is 8.57. The molecule has 2 aromatic rings. The molecular formula is C19H22N2O4S. The summed E-state index contributed by atoms with van der Waals surface area (Å²) in [6.45, 7) is 1.08. The first-order valence-corrected chi connectivity index (χ1v) is 10.0. The Morgan fingerprint density at radius 2 is 1.77 bits per heavy atom. The van der Waals surface area contributed by atoms with E-state index in [2.05, 4.69) is 5.32 Å². The van der Waals surface area contributed by atoms with Gasteiger partial charge in [0.05, 0.1) is 17.6 Å². The van der Waals surface area contributed by atoms with Crippen LogP contribution in [0.3, 0.4) is 0 Å². The van der Waals surface area contributed by atoms with E-state index in [1.165, 1.54) is 17.5 Å². The normalized spacial score (nSPS) is 15.4. The van der Waals surface area contributed by atoms with E-state index in [9.17, 15) is 13.2 Å². The highest BCUT2D eigenvalue weighted by molar-refractivity contribution is 7.89. The fourth-order valence-corrected chi connectivity index (χ4v) is 4.58. The number of benzene rings is 2. The fraction of sp³-hybridized carbons (Fsp3) is 0.316. The Labute approximate surface area is 153 Å². The standard InChI is InChI=1S/C19H22N2O4S/c1-25-18-11-4-3-10-17(18)19(22)20-15-8-7-9-16(14-15)26(23,24)21-12-5-2-6-13-21/h3-4,7-11,14H,2,5-6,12-13H2,1H3,(H,20,22). The van der Waals surface area contributed by atoms with Crippen molar-refractivity contribution in [3.8, 4) is 5.75 Å². The van der Waals surface area contributed by atoms with Crippen LogP contribution >= 0.6 is 0 Å². The lowest BCUT2D eigenvalue weighted by Gasteiger charge is -2.26. The predicted molar refractivity (Wildman–Crippen MR) is 100.0 cm³/mol. The zero-order valence-electron chi connectivity index (χ0n) is 14.6. The molecule has 0 aliphatic carbocycles. The minimum atomic E-state index is -3.54. The number of methoxy groups -OCH3 is 1. The zero-order chi connectivity index (χ0) is 18.6. The van der Waals surface area contributed by atoms with Gasteiger partial charge in [-0.2, -0.15) is 4.31 Å². The van der Waals surface area contributed by atoms with E-state index in [-0.39, 0.29) is 10.8 Å². The number of nitrogens with one attached hydrogen (secondary N) is 1. The van der Waals surface area contributed by atoms with Crippen molar-refractivity contribution in [2.45, 2.75) is 24.2 Å². The summed E-state index contributed by atoms with van der Waals surface area (Å²) in [4.78, 5) is 12.7. The SMILES string of the molecule is COc1ccccc1C(=O)Nc1cccc(S(=O)(=O)N2CCCCC2)c1. The lowest BCUT2D eigenvalue weighted by Crippen LogP contribution is -2.35. The van der Waals surface area contributed by atoms with Crippen LogP contribution < -0.4 is 10.1 Å². The largest absolute Gasteiger partial charge is 0.496 e. The Hall–Kier alpha value is -2.38. The Balaban J connectivity index is 1.82. The summed E-state index contributed by atoms with van der Waals surface area (Å²) in [6.07, 6.45) is 2.81. The molecule has 2 aromatic carbocycles. The van der Waals surface area contributed by atoms with Gasteiger partial charge in [-0.15, -0.1) is 0 Å². The summed E-state index contributed by atoms with van der Waals surface area (Å²) >= 11 is 0. The summed E-state index contributed by atoms with van der Waals surface area (Å²) < 4.78 is 32.3. The summed E-state index contributed by atoms with van der Waals surface area (Å²) in [7, 11) is -2.04. The summed E-state index contributed by atoms with van der Waals surface area (Å²) in [5.74, 6) is 0.108. The van der Waals surface area contributed by atoms with Crippen molar-refractivity contribution in [2.24, 2.45) is 0 Å². The van der Waals surface area contributed by atoms with Crippen LogP contribution in [0.15, 0.2) is 53.4 Å². The highest BCUT2D eigenvalue weighted by Crippen LogP contribution is 2.24. The predicted octanol–water partition coefficient (Wildman–Crippen LogP) is 3.12. The number of carbonyl (C=O) groups excluding carboxylic acids is 1. The number of sulfonamides is 1. The monoisotopic (exact) mass is 374 g/mol. The van der Waals surface area contributed by atoms with Crippen molar-refractivity contribution in [2.75, 3.05) is 25.5 Å². The molecule has 1 amide bonds. The molecule has 138 valence electrons. The molecule has 6 nitrogen and oxygen atoms in total.